The van der Waals surface area contributed by atoms with E-state index in [1.165, 1.54) is 50.5 Å². The zero-order valence-electron chi connectivity index (χ0n) is 20.3. The number of hydrogen-bond acceptors (Lipinski definition) is 2. The zero-order chi connectivity index (χ0) is 22.0. The second-order valence-electron chi connectivity index (χ2n) is 12.4. The van der Waals surface area contributed by atoms with Gasteiger partial charge in [-0.25, -0.2) is 0 Å². The molecule has 1 aromatic carbocycles. The molecule has 4 aliphatic carbocycles. The van der Waals surface area contributed by atoms with Crippen molar-refractivity contribution in [3.05, 3.63) is 35.4 Å². The van der Waals surface area contributed by atoms with E-state index in [2.05, 4.69) is 52.0 Å². The van der Waals surface area contributed by atoms with Crippen molar-refractivity contribution in [3.63, 3.8) is 0 Å². The molecule has 4 fully saturated rings. The number of hydrogen-bond donors (Lipinski definition) is 1. The minimum atomic E-state index is -0.0695. The predicted molar refractivity (Wildman–Crippen MR) is 128 cm³/mol. The Kier molecular flexibility index (Phi) is 5.20. The lowest BCUT2D eigenvalue weighted by Crippen LogP contribution is -2.68. The summed E-state index contributed by atoms with van der Waals surface area (Å²) in [6.07, 6.45) is 12.2. The Bertz CT molecular complexity index is 845. The first-order chi connectivity index (χ1) is 14.7. The van der Waals surface area contributed by atoms with Crippen LogP contribution < -0.4 is 5.73 Å². The third kappa shape index (κ3) is 3.10. The number of carbonyl (C=O) groups is 1. The molecule has 1 aromatic rings. The number of Topliss-reactive ketones (excluding diaryl/α,β-unsaturated/α-hetero) is 1. The van der Waals surface area contributed by atoms with Crippen LogP contribution in [0.2, 0.25) is 0 Å². The van der Waals surface area contributed by atoms with Gasteiger partial charge < -0.3 is 5.73 Å². The molecule has 5 rings (SSSR count). The highest BCUT2D eigenvalue weighted by atomic mass is 16.1. The van der Waals surface area contributed by atoms with E-state index in [4.69, 9.17) is 5.73 Å². The Hall–Kier alpha value is -1.15. The van der Waals surface area contributed by atoms with E-state index in [1.807, 2.05) is 0 Å². The number of rotatable bonds is 3. The maximum absolute atomic E-state index is 13.7. The van der Waals surface area contributed by atoms with Gasteiger partial charge in [0, 0.05) is 17.0 Å². The van der Waals surface area contributed by atoms with Crippen molar-refractivity contribution < 1.29 is 4.79 Å². The largest absolute Gasteiger partial charge is 0.325 e. The van der Waals surface area contributed by atoms with Crippen molar-refractivity contribution in [2.45, 2.75) is 97.4 Å². The van der Waals surface area contributed by atoms with Crippen molar-refractivity contribution in [2.75, 3.05) is 0 Å². The van der Waals surface area contributed by atoms with E-state index in [9.17, 15) is 4.79 Å². The van der Waals surface area contributed by atoms with Crippen LogP contribution in [-0.2, 0) is 6.42 Å². The van der Waals surface area contributed by atoms with Crippen LogP contribution in [0.25, 0.3) is 0 Å². The number of carbonyl (C=O) groups excluding carboxylic acids is 1. The number of fused-ring (bicyclic) bond motifs is 5. The highest BCUT2D eigenvalue weighted by Crippen LogP contribution is 2.68. The molecule has 0 radical (unpaired) electrons. The molecule has 0 saturated heterocycles. The fraction of sp³-hybridized carbons (Fsp3) is 0.759. The lowest BCUT2D eigenvalue weighted by atomic mass is 9.41. The fourth-order valence-corrected chi connectivity index (χ4v) is 9.23. The Balaban J connectivity index is 1.42. The number of benzene rings is 1. The Morgan fingerprint density at radius 3 is 2.32 bits per heavy atom. The molecular formula is C29H43NO. The van der Waals surface area contributed by atoms with Gasteiger partial charge in [-0.1, -0.05) is 58.4 Å². The molecule has 0 aliphatic heterocycles. The summed E-state index contributed by atoms with van der Waals surface area (Å²) < 4.78 is 0. The summed E-state index contributed by atoms with van der Waals surface area (Å²) in [5.74, 6) is 3.40. The van der Waals surface area contributed by atoms with Crippen molar-refractivity contribution >= 4 is 5.78 Å². The Morgan fingerprint density at radius 1 is 0.935 bits per heavy atom. The van der Waals surface area contributed by atoms with Crippen LogP contribution in [0.3, 0.4) is 0 Å². The molecule has 0 heterocycles. The maximum atomic E-state index is 13.7. The molecule has 0 amide bonds. The monoisotopic (exact) mass is 421 g/mol. The molecule has 8 atom stereocenters. The lowest BCUT2D eigenvalue weighted by molar-refractivity contribution is -0.128. The van der Waals surface area contributed by atoms with Gasteiger partial charge in [0.2, 0.25) is 0 Å². The van der Waals surface area contributed by atoms with Gasteiger partial charge in [0.05, 0.1) is 0 Å². The van der Waals surface area contributed by atoms with Gasteiger partial charge in [-0.3, -0.25) is 4.79 Å². The van der Waals surface area contributed by atoms with Crippen LogP contribution in [0.5, 0.6) is 0 Å². The summed E-state index contributed by atoms with van der Waals surface area (Å²) in [6, 6.07) is 8.40. The van der Waals surface area contributed by atoms with Crippen molar-refractivity contribution in [1.82, 2.24) is 0 Å². The summed E-state index contributed by atoms with van der Waals surface area (Å²) in [6.45, 7) is 9.63. The minimum Gasteiger partial charge on any atom is -0.325 e. The third-order valence-electron chi connectivity index (χ3n) is 11.1. The first-order valence-corrected chi connectivity index (χ1v) is 13.1. The highest BCUT2D eigenvalue weighted by molar-refractivity contribution is 5.98. The maximum Gasteiger partial charge on any atom is 0.166 e. The van der Waals surface area contributed by atoms with E-state index in [1.54, 1.807) is 0 Å². The molecule has 2 unspecified atom stereocenters. The van der Waals surface area contributed by atoms with Gasteiger partial charge in [-0.05, 0) is 97.9 Å². The van der Waals surface area contributed by atoms with Crippen LogP contribution in [0, 0.1) is 40.4 Å². The molecule has 2 nitrogen and oxygen atoms in total. The second kappa shape index (κ2) is 7.44. The van der Waals surface area contributed by atoms with Crippen molar-refractivity contribution in [2.24, 2.45) is 46.2 Å². The smallest absolute Gasteiger partial charge is 0.166 e. The van der Waals surface area contributed by atoms with Crippen LogP contribution in [-0.4, -0.2) is 11.3 Å². The molecular weight excluding hydrogens is 378 g/mol. The lowest BCUT2D eigenvalue weighted by Gasteiger charge is -2.65. The van der Waals surface area contributed by atoms with Gasteiger partial charge in [0.1, 0.15) is 0 Å². The summed E-state index contributed by atoms with van der Waals surface area (Å²) in [5, 5.41) is 0. The molecule has 0 bridgehead atoms. The Labute approximate surface area is 189 Å². The topological polar surface area (TPSA) is 43.1 Å². The molecule has 0 aromatic heterocycles. The average Bonchev–Trinajstić information content (AvgIpc) is 3.12. The molecule has 2 heteroatoms. The zero-order valence-corrected chi connectivity index (χ0v) is 20.3. The van der Waals surface area contributed by atoms with Crippen molar-refractivity contribution in [3.8, 4) is 0 Å². The quantitative estimate of drug-likeness (QED) is 0.545. The summed E-state index contributed by atoms with van der Waals surface area (Å²) >= 11 is 0. The van der Waals surface area contributed by atoms with Gasteiger partial charge >= 0.3 is 0 Å². The molecule has 4 saturated carbocycles. The number of ketones is 1. The van der Waals surface area contributed by atoms with Gasteiger partial charge in [0.15, 0.2) is 5.78 Å². The molecule has 0 spiro atoms. The average molecular weight is 422 g/mol. The van der Waals surface area contributed by atoms with E-state index in [0.717, 1.165) is 36.7 Å². The normalized spacial score (nSPS) is 46.7. The van der Waals surface area contributed by atoms with E-state index >= 15 is 0 Å². The molecule has 2 N–H and O–H groups in total. The van der Waals surface area contributed by atoms with Crippen LogP contribution in [0.4, 0.5) is 0 Å². The highest BCUT2D eigenvalue weighted by Gasteiger charge is 2.66. The van der Waals surface area contributed by atoms with Crippen LogP contribution in [0.1, 0.15) is 101 Å². The SMILES string of the molecule is CCc1ccc(C(=O)[C@H]2CCC3[C@]4(N)CC[C@@H]5C[C@@H](C)CC[C@]5(C)C4CC[C@@]32C)cc1. The minimum absolute atomic E-state index is 0.0664. The van der Waals surface area contributed by atoms with Gasteiger partial charge in [-0.2, -0.15) is 0 Å². The molecule has 31 heavy (non-hydrogen) atoms. The molecule has 4 aliphatic rings. The standard InChI is InChI=1S/C29H43NO/c1-5-20-6-8-21(9-7-20)26(31)23-10-11-24-28(23,4)16-14-25-27(3)15-12-19(2)18-22(27)13-17-29(24,25)30/h6-9,19,22-25H,5,10-18,30H2,1-4H3/t19-,22+,23+,24?,25?,27-,28+,29+/m0/s1. The summed E-state index contributed by atoms with van der Waals surface area (Å²) in [5.41, 5.74) is 10.1. The van der Waals surface area contributed by atoms with Gasteiger partial charge in [0.25, 0.3) is 0 Å². The van der Waals surface area contributed by atoms with E-state index in [0.29, 0.717) is 23.0 Å². The first kappa shape index (κ1) is 21.7. The number of aryl methyl sites for hydroxylation is 1. The second-order valence-corrected chi connectivity index (χ2v) is 12.4. The van der Waals surface area contributed by atoms with E-state index in [-0.39, 0.29) is 16.9 Å². The van der Waals surface area contributed by atoms with Crippen molar-refractivity contribution in [1.29, 1.82) is 0 Å². The Morgan fingerprint density at radius 2 is 1.61 bits per heavy atom. The summed E-state index contributed by atoms with van der Waals surface area (Å²) in [4.78, 5) is 13.7. The third-order valence-corrected chi connectivity index (χ3v) is 11.1. The number of nitrogens with two attached hydrogens (primary N) is 1. The van der Waals surface area contributed by atoms with Gasteiger partial charge in [-0.15, -0.1) is 0 Å². The fourth-order valence-electron chi connectivity index (χ4n) is 9.23. The van der Waals surface area contributed by atoms with Crippen LogP contribution >= 0.6 is 0 Å². The molecule has 170 valence electrons. The van der Waals surface area contributed by atoms with Crippen LogP contribution in [0.15, 0.2) is 24.3 Å². The summed E-state index contributed by atoms with van der Waals surface area (Å²) in [7, 11) is 0. The van der Waals surface area contributed by atoms with E-state index < -0.39 is 0 Å². The first-order valence-electron chi connectivity index (χ1n) is 13.1. The predicted octanol–water partition coefficient (Wildman–Crippen LogP) is 6.81.